The smallest absolute Gasteiger partial charge is 0.221 e. The highest BCUT2D eigenvalue weighted by molar-refractivity contribution is 5.76. The minimum atomic E-state index is 0.0523. The second kappa shape index (κ2) is 6.66. The summed E-state index contributed by atoms with van der Waals surface area (Å²) in [5.74, 6) is 0.630. The summed E-state index contributed by atoms with van der Waals surface area (Å²) in [4.78, 5) is 15.2. The average Bonchev–Trinajstić information content (AvgIpc) is 2.30. The molecule has 1 aromatic heterocycles. The van der Waals surface area contributed by atoms with E-state index >= 15 is 0 Å². The Labute approximate surface area is 95.2 Å². The summed E-state index contributed by atoms with van der Waals surface area (Å²) in [5.41, 5.74) is 0.880. The lowest BCUT2D eigenvalue weighted by Gasteiger charge is -2.06. The Morgan fingerprint density at radius 3 is 2.88 bits per heavy atom. The largest absolute Gasteiger partial charge is 0.481 e. The van der Waals surface area contributed by atoms with Gasteiger partial charge in [-0.1, -0.05) is 0 Å². The zero-order valence-corrected chi connectivity index (χ0v) is 9.62. The van der Waals surface area contributed by atoms with E-state index in [-0.39, 0.29) is 5.91 Å². The lowest BCUT2D eigenvalue weighted by Crippen LogP contribution is -2.24. The van der Waals surface area contributed by atoms with Crippen molar-refractivity contribution in [3.05, 3.63) is 18.3 Å². The molecule has 16 heavy (non-hydrogen) atoms. The van der Waals surface area contributed by atoms with Gasteiger partial charge in [0.15, 0.2) is 0 Å². The number of ether oxygens (including phenoxy) is 1. The number of carbonyl (C=O) groups excluding carboxylic acids is 1. The quantitative estimate of drug-likeness (QED) is 0.756. The Kier molecular flexibility index (Phi) is 5.11. The first-order valence-electron chi connectivity index (χ1n) is 5.27. The summed E-state index contributed by atoms with van der Waals surface area (Å²) < 4.78 is 4.94. The third-order valence-corrected chi connectivity index (χ3v) is 2.00. The monoisotopic (exact) mass is 223 g/mol. The van der Waals surface area contributed by atoms with Crippen LogP contribution >= 0.6 is 0 Å². The van der Waals surface area contributed by atoms with Gasteiger partial charge in [-0.3, -0.25) is 4.79 Å². The molecule has 0 bridgehead atoms. The molecule has 0 saturated heterocycles. The van der Waals surface area contributed by atoms with E-state index in [9.17, 15) is 4.79 Å². The second-order valence-electron chi connectivity index (χ2n) is 3.22. The van der Waals surface area contributed by atoms with Gasteiger partial charge in [0.1, 0.15) is 0 Å². The van der Waals surface area contributed by atoms with Crippen molar-refractivity contribution in [2.45, 2.75) is 13.3 Å². The summed E-state index contributed by atoms with van der Waals surface area (Å²) in [6.07, 6.45) is 2.14. The molecule has 5 heteroatoms. The van der Waals surface area contributed by atoms with Crippen LogP contribution in [0.5, 0.6) is 5.88 Å². The zero-order valence-electron chi connectivity index (χ0n) is 9.62. The molecule has 0 aliphatic heterocycles. The van der Waals surface area contributed by atoms with E-state index in [0.29, 0.717) is 25.4 Å². The maximum atomic E-state index is 11.1. The Bertz CT molecular complexity index is 325. The van der Waals surface area contributed by atoms with Crippen LogP contribution in [-0.2, 0) is 4.79 Å². The van der Waals surface area contributed by atoms with Crippen molar-refractivity contribution in [2.75, 3.05) is 25.5 Å². The molecular weight excluding hydrogens is 206 g/mol. The number of amides is 1. The molecule has 1 amide bonds. The Morgan fingerprint density at radius 2 is 2.31 bits per heavy atom. The maximum absolute atomic E-state index is 11.1. The van der Waals surface area contributed by atoms with Gasteiger partial charge in [0.25, 0.3) is 0 Å². The molecular formula is C11H17N3O2. The summed E-state index contributed by atoms with van der Waals surface area (Å²) in [7, 11) is 1.57. The van der Waals surface area contributed by atoms with Crippen LogP contribution in [0.4, 0.5) is 5.69 Å². The van der Waals surface area contributed by atoms with Crippen molar-refractivity contribution in [1.82, 2.24) is 10.3 Å². The number of aromatic nitrogens is 1. The summed E-state index contributed by atoms with van der Waals surface area (Å²) >= 11 is 0. The van der Waals surface area contributed by atoms with Crippen molar-refractivity contribution in [3.8, 4) is 5.88 Å². The number of anilines is 1. The first kappa shape index (κ1) is 12.3. The van der Waals surface area contributed by atoms with Crippen molar-refractivity contribution >= 4 is 11.6 Å². The minimum absolute atomic E-state index is 0.0523. The van der Waals surface area contributed by atoms with Gasteiger partial charge >= 0.3 is 0 Å². The molecule has 0 aromatic carbocycles. The van der Waals surface area contributed by atoms with E-state index in [1.165, 1.54) is 0 Å². The van der Waals surface area contributed by atoms with E-state index in [1.54, 1.807) is 19.4 Å². The third kappa shape index (κ3) is 4.16. The van der Waals surface area contributed by atoms with Crippen LogP contribution in [-0.4, -0.2) is 31.1 Å². The number of rotatable bonds is 6. The molecule has 0 aliphatic carbocycles. The molecule has 0 radical (unpaired) electrons. The van der Waals surface area contributed by atoms with E-state index < -0.39 is 0 Å². The molecule has 88 valence electrons. The summed E-state index contributed by atoms with van der Waals surface area (Å²) in [5, 5.41) is 5.84. The number of hydrogen-bond acceptors (Lipinski definition) is 4. The van der Waals surface area contributed by atoms with Crippen molar-refractivity contribution in [2.24, 2.45) is 0 Å². The van der Waals surface area contributed by atoms with E-state index in [2.05, 4.69) is 15.6 Å². The first-order valence-corrected chi connectivity index (χ1v) is 5.27. The van der Waals surface area contributed by atoms with Gasteiger partial charge in [-0.25, -0.2) is 4.98 Å². The first-order chi connectivity index (χ1) is 7.76. The SMILES string of the molecule is CCNC(=O)CCNc1ccc(OC)nc1. The highest BCUT2D eigenvalue weighted by atomic mass is 16.5. The van der Waals surface area contributed by atoms with Crippen LogP contribution < -0.4 is 15.4 Å². The predicted molar refractivity (Wildman–Crippen MR) is 62.6 cm³/mol. The molecule has 1 heterocycles. The maximum Gasteiger partial charge on any atom is 0.221 e. The molecule has 0 spiro atoms. The van der Waals surface area contributed by atoms with E-state index in [0.717, 1.165) is 5.69 Å². The van der Waals surface area contributed by atoms with Crippen molar-refractivity contribution in [1.29, 1.82) is 0 Å². The van der Waals surface area contributed by atoms with Gasteiger partial charge in [-0.2, -0.15) is 0 Å². The number of pyridine rings is 1. The normalized spacial score (nSPS) is 9.62. The van der Waals surface area contributed by atoms with Gasteiger partial charge in [0.05, 0.1) is 19.0 Å². The molecule has 0 saturated carbocycles. The average molecular weight is 223 g/mol. The number of nitrogens with zero attached hydrogens (tertiary/aromatic N) is 1. The lowest BCUT2D eigenvalue weighted by atomic mass is 10.3. The van der Waals surface area contributed by atoms with E-state index in [1.807, 2.05) is 13.0 Å². The number of carbonyl (C=O) groups is 1. The van der Waals surface area contributed by atoms with Crippen molar-refractivity contribution in [3.63, 3.8) is 0 Å². The number of methoxy groups -OCH3 is 1. The molecule has 0 atom stereocenters. The van der Waals surface area contributed by atoms with Crippen LogP contribution in [0, 0.1) is 0 Å². The zero-order chi connectivity index (χ0) is 11.8. The fourth-order valence-corrected chi connectivity index (χ4v) is 1.21. The molecule has 0 unspecified atom stereocenters. The van der Waals surface area contributed by atoms with Crippen molar-refractivity contribution < 1.29 is 9.53 Å². The molecule has 5 nitrogen and oxygen atoms in total. The van der Waals surface area contributed by atoms with Gasteiger partial charge < -0.3 is 15.4 Å². The molecule has 1 aromatic rings. The van der Waals surface area contributed by atoms with Crippen LogP contribution in [0.1, 0.15) is 13.3 Å². The minimum Gasteiger partial charge on any atom is -0.481 e. The van der Waals surface area contributed by atoms with Crippen LogP contribution in [0.15, 0.2) is 18.3 Å². The summed E-state index contributed by atoms with van der Waals surface area (Å²) in [6.45, 7) is 3.17. The standard InChI is InChI=1S/C11H17N3O2/c1-3-12-10(15)6-7-13-9-4-5-11(16-2)14-8-9/h4-5,8,13H,3,6-7H2,1-2H3,(H,12,15). The summed E-state index contributed by atoms with van der Waals surface area (Å²) in [6, 6.07) is 3.64. The van der Waals surface area contributed by atoms with E-state index in [4.69, 9.17) is 4.74 Å². The Hall–Kier alpha value is -1.78. The van der Waals surface area contributed by atoms with Gasteiger partial charge in [0, 0.05) is 25.6 Å². The van der Waals surface area contributed by atoms with Crippen LogP contribution in [0.3, 0.4) is 0 Å². The van der Waals surface area contributed by atoms with Crippen LogP contribution in [0.2, 0.25) is 0 Å². The predicted octanol–water partition coefficient (Wildman–Crippen LogP) is 1.03. The molecule has 0 aliphatic rings. The van der Waals surface area contributed by atoms with Gasteiger partial charge in [-0.05, 0) is 13.0 Å². The highest BCUT2D eigenvalue weighted by Crippen LogP contribution is 2.10. The number of hydrogen-bond donors (Lipinski definition) is 2. The lowest BCUT2D eigenvalue weighted by molar-refractivity contribution is -0.120. The Balaban J connectivity index is 2.29. The fraction of sp³-hybridized carbons (Fsp3) is 0.455. The Morgan fingerprint density at radius 1 is 1.50 bits per heavy atom. The van der Waals surface area contributed by atoms with Gasteiger partial charge in [-0.15, -0.1) is 0 Å². The molecule has 0 fully saturated rings. The number of nitrogens with one attached hydrogen (secondary N) is 2. The fourth-order valence-electron chi connectivity index (χ4n) is 1.21. The topological polar surface area (TPSA) is 63.2 Å². The van der Waals surface area contributed by atoms with Gasteiger partial charge in [0.2, 0.25) is 11.8 Å². The van der Waals surface area contributed by atoms with Crippen LogP contribution in [0.25, 0.3) is 0 Å². The second-order valence-corrected chi connectivity index (χ2v) is 3.22. The third-order valence-electron chi connectivity index (χ3n) is 2.00. The molecule has 2 N–H and O–H groups in total. The molecule has 1 rings (SSSR count). The highest BCUT2D eigenvalue weighted by Gasteiger charge is 1.99.